The molecule has 0 fully saturated rings. The summed E-state index contributed by atoms with van der Waals surface area (Å²) in [6.45, 7) is 0. The van der Waals surface area contributed by atoms with Crippen LogP contribution in [0.25, 0.3) is 0 Å². The van der Waals surface area contributed by atoms with Crippen molar-refractivity contribution < 1.29 is 0 Å². The number of hydrogen-bond donors (Lipinski definition) is 0. The molecular formula is C11H11Cl2NS. The van der Waals surface area contributed by atoms with E-state index < -0.39 is 0 Å². The Morgan fingerprint density at radius 3 is 2.80 bits per heavy atom. The molecule has 1 nitrogen and oxygen atoms in total. The highest BCUT2D eigenvalue weighted by atomic mass is 35.5. The van der Waals surface area contributed by atoms with Crippen LogP contribution in [0, 0.1) is 11.3 Å². The van der Waals surface area contributed by atoms with Gasteiger partial charge in [0.05, 0.1) is 6.07 Å². The van der Waals surface area contributed by atoms with Gasteiger partial charge in [-0.05, 0) is 29.9 Å². The van der Waals surface area contributed by atoms with Crippen LogP contribution in [0.2, 0.25) is 10.0 Å². The van der Waals surface area contributed by atoms with Gasteiger partial charge in [0, 0.05) is 22.2 Å². The fraction of sp³-hybridized carbons (Fsp3) is 0.364. The van der Waals surface area contributed by atoms with E-state index in [0.29, 0.717) is 11.4 Å². The first kappa shape index (κ1) is 12.7. The van der Waals surface area contributed by atoms with Crippen molar-refractivity contribution in [1.29, 1.82) is 5.26 Å². The molecule has 15 heavy (non-hydrogen) atoms. The molecule has 0 spiro atoms. The monoisotopic (exact) mass is 259 g/mol. The Morgan fingerprint density at radius 2 is 2.13 bits per heavy atom. The molecule has 0 saturated carbocycles. The number of rotatable bonds is 5. The second kappa shape index (κ2) is 7.00. The Morgan fingerprint density at radius 1 is 1.33 bits per heavy atom. The van der Waals surface area contributed by atoms with Gasteiger partial charge in [-0.25, -0.2) is 0 Å². The van der Waals surface area contributed by atoms with E-state index in [1.807, 2.05) is 12.1 Å². The molecule has 0 heterocycles. The molecule has 0 amide bonds. The van der Waals surface area contributed by atoms with Crippen LogP contribution in [-0.2, 0) is 5.75 Å². The summed E-state index contributed by atoms with van der Waals surface area (Å²) in [4.78, 5) is 0. The number of benzene rings is 1. The lowest BCUT2D eigenvalue weighted by Gasteiger charge is -2.03. The molecule has 0 bridgehead atoms. The van der Waals surface area contributed by atoms with Crippen LogP contribution in [0.4, 0.5) is 0 Å². The first-order valence-corrected chi connectivity index (χ1v) is 6.53. The lowest BCUT2D eigenvalue weighted by atomic mass is 10.2. The summed E-state index contributed by atoms with van der Waals surface area (Å²) < 4.78 is 0. The first-order chi connectivity index (χ1) is 7.24. The van der Waals surface area contributed by atoms with E-state index in [1.54, 1.807) is 17.8 Å². The van der Waals surface area contributed by atoms with Crippen LogP contribution < -0.4 is 0 Å². The van der Waals surface area contributed by atoms with Crippen LogP contribution in [0.15, 0.2) is 18.2 Å². The highest BCUT2D eigenvalue weighted by Gasteiger charge is 2.00. The average molecular weight is 260 g/mol. The Hall–Kier alpha value is -0.360. The molecular weight excluding hydrogens is 249 g/mol. The number of nitrogens with zero attached hydrogens (tertiary/aromatic N) is 1. The molecule has 1 aromatic rings. The van der Waals surface area contributed by atoms with Crippen molar-refractivity contribution >= 4 is 35.0 Å². The molecule has 0 aliphatic carbocycles. The van der Waals surface area contributed by atoms with Crippen molar-refractivity contribution in [2.24, 2.45) is 0 Å². The number of unbranched alkanes of at least 4 members (excludes halogenated alkanes) is 1. The van der Waals surface area contributed by atoms with Crippen molar-refractivity contribution in [3.05, 3.63) is 33.8 Å². The second-order valence-electron chi connectivity index (χ2n) is 3.05. The fourth-order valence-electron chi connectivity index (χ4n) is 1.07. The fourth-order valence-corrected chi connectivity index (χ4v) is 2.59. The molecule has 0 unspecified atom stereocenters. The Balaban J connectivity index is 2.35. The summed E-state index contributed by atoms with van der Waals surface area (Å²) in [6, 6.07) is 7.68. The highest BCUT2D eigenvalue weighted by molar-refractivity contribution is 7.98. The zero-order chi connectivity index (χ0) is 11.1. The Bertz CT molecular complexity index is 360. The number of nitriles is 1. The molecule has 80 valence electrons. The lowest BCUT2D eigenvalue weighted by molar-refractivity contribution is 0.981. The van der Waals surface area contributed by atoms with Gasteiger partial charge in [-0.3, -0.25) is 0 Å². The van der Waals surface area contributed by atoms with Crippen LogP contribution in [0.1, 0.15) is 18.4 Å². The van der Waals surface area contributed by atoms with E-state index in [0.717, 1.165) is 28.5 Å². The third kappa shape index (κ3) is 4.79. The van der Waals surface area contributed by atoms with Crippen LogP contribution >= 0.6 is 35.0 Å². The molecule has 0 aromatic heterocycles. The molecule has 0 saturated heterocycles. The van der Waals surface area contributed by atoms with E-state index in [-0.39, 0.29) is 0 Å². The first-order valence-electron chi connectivity index (χ1n) is 4.62. The van der Waals surface area contributed by atoms with Crippen molar-refractivity contribution in [3.8, 4) is 6.07 Å². The number of thioether (sulfide) groups is 1. The van der Waals surface area contributed by atoms with E-state index >= 15 is 0 Å². The van der Waals surface area contributed by atoms with E-state index in [1.165, 1.54) is 0 Å². The smallest absolute Gasteiger partial charge is 0.0622 e. The zero-order valence-electron chi connectivity index (χ0n) is 8.17. The normalized spacial score (nSPS) is 9.93. The van der Waals surface area contributed by atoms with E-state index in [9.17, 15) is 0 Å². The standard InChI is InChI=1S/C11H11Cl2NS/c12-10-4-3-9(11(13)7-10)8-15-6-2-1-5-14/h3-4,7H,1-2,6,8H2. The molecule has 0 aliphatic rings. The maximum Gasteiger partial charge on any atom is 0.0622 e. The van der Waals surface area contributed by atoms with Crippen LogP contribution in [0.3, 0.4) is 0 Å². The van der Waals surface area contributed by atoms with Crippen molar-refractivity contribution in [3.63, 3.8) is 0 Å². The predicted molar refractivity (Wildman–Crippen MR) is 67.5 cm³/mol. The van der Waals surface area contributed by atoms with Crippen molar-refractivity contribution in [2.75, 3.05) is 5.75 Å². The summed E-state index contributed by atoms with van der Waals surface area (Å²) in [5.41, 5.74) is 1.10. The minimum absolute atomic E-state index is 0.626. The summed E-state index contributed by atoms with van der Waals surface area (Å²) >= 11 is 13.6. The molecule has 0 atom stereocenters. The minimum Gasteiger partial charge on any atom is -0.198 e. The lowest BCUT2D eigenvalue weighted by Crippen LogP contribution is -1.85. The predicted octanol–water partition coefficient (Wildman–Crippen LogP) is 4.53. The maximum atomic E-state index is 8.36. The van der Waals surface area contributed by atoms with Gasteiger partial charge in [0.25, 0.3) is 0 Å². The summed E-state index contributed by atoms with van der Waals surface area (Å²) in [6.07, 6.45) is 1.56. The van der Waals surface area contributed by atoms with Gasteiger partial charge in [-0.15, -0.1) is 0 Å². The van der Waals surface area contributed by atoms with Gasteiger partial charge >= 0.3 is 0 Å². The van der Waals surface area contributed by atoms with E-state index in [2.05, 4.69) is 6.07 Å². The second-order valence-corrected chi connectivity index (χ2v) is 5.00. The quantitative estimate of drug-likeness (QED) is 0.726. The summed E-state index contributed by atoms with van der Waals surface area (Å²) in [5.74, 6) is 1.87. The summed E-state index contributed by atoms with van der Waals surface area (Å²) in [7, 11) is 0. The third-order valence-corrected chi connectivity index (χ3v) is 3.53. The molecule has 4 heteroatoms. The van der Waals surface area contributed by atoms with Crippen LogP contribution in [0.5, 0.6) is 0 Å². The molecule has 1 rings (SSSR count). The van der Waals surface area contributed by atoms with Crippen LogP contribution in [-0.4, -0.2) is 5.75 Å². The Labute approximate surface area is 104 Å². The third-order valence-electron chi connectivity index (χ3n) is 1.85. The van der Waals surface area contributed by atoms with Gasteiger partial charge in [0.1, 0.15) is 0 Å². The van der Waals surface area contributed by atoms with Gasteiger partial charge in [0.2, 0.25) is 0 Å². The molecule has 0 N–H and O–H groups in total. The molecule has 1 aromatic carbocycles. The average Bonchev–Trinajstić information content (AvgIpc) is 2.20. The topological polar surface area (TPSA) is 23.8 Å². The SMILES string of the molecule is N#CCCCSCc1ccc(Cl)cc1Cl. The molecule has 0 aliphatic heterocycles. The highest BCUT2D eigenvalue weighted by Crippen LogP contribution is 2.24. The summed E-state index contributed by atoms with van der Waals surface area (Å²) in [5, 5.41) is 9.75. The van der Waals surface area contributed by atoms with Gasteiger partial charge < -0.3 is 0 Å². The van der Waals surface area contributed by atoms with E-state index in [4.69, 9.17) is 28.5 Å². The maximum absolute atomic E-state index is 8.36. The zero-order valence-corrected chi connectivity index (χ0v) is 10.5. The van der Waals surface area contributed by atoms with Gasteiger partial charge in [-0.1, -0.05) is 29.3 Å². The van der Waals surface area contributed by atoms with Crippen molar-refractivity contribution in [1.82, 2.24) is 0 Å². The van der Waals surface area contributed by atoms with Gasteiger partial charge in [-0.2, -0.15) is 17.0 Å². The van der Waals surface area contributed by atoms with Gasteiger partial charge in [0.15, 0.2) is 0 Å². The largest absolute Gasteiger partial charge is 0.198 e. The number of hydrogen-bond acceptors (Lipinski definition) is 2. The Kier molecular flexibility index (Phi) is 5.93. The number of halogens is 2. The minimum atomic E-state index is 0.626. The van der Waals surface area contributed by atoms with Crippen molar-refractivity contribution in [2.45, 2.75) is 18.6 Å². The molecule has 0 radical (unpaired) electrons.